The summed E-state index contributed by atoms with van der Waals surface area (Å²) in [6, 6.07) is 1.20. The van der Waals surface area contributed by atoms with Crippen LogP contribution >= 0.6 is 0 Å². The van der Waals surface area contributed by atoms with Gasteiger partial charge in [0.2, 0.25) is 5.91 Å². The minimum absolute atomic E-state index is 0.302. The summed E-state index contributed by atoms with van der Waals surface area (Å²) in [4.78, 5) is 18.7. The number of rotatable bonds is 13. The molecule has 0 saturated heterocycles. The molecule has 0 bridgehead atoms. The zero-order valence-corrected chi connectivity index (χ0v) is 16.8. The van der Waals surface area contributed by atoms with E-state index in [-0.39, 0.29) is 0 Å². The summed E-state index contributed by atoms with van der Waals surface area (Å²) < 4.78 is 0. The van der Waals surface area contributed by atoms with Gasteiger partial charge in [0.25, 0.3) is 0 Å². The maximum atomic E-state index is 12.1. The van der Waals surface area contributed by atoms with Crippen molar-refractivity contribution in [3.05, 3.63) is 0 Å². The Morgan fingerprint density at radius 3 is 1.70 bits per heavy atom. The van der Waals surface area contributed by atoms with Gasteiger partial charge in [-0.05, 0) is 74.1 Å². The summed E-state index contributed by atoms with van der Waals surface area (Å²) in [6.45, 7) is 11.9. The van der Waals surface area contributed by atoms with Gasteiger partial charge in [0.05, 0.1) is 0 Å². The molecule has 0 heterocycles. The molecule has 0 atom stereocenters. The van der Waals surface area contributed by atoms with Crippen molar-refractivity contribution >= 4 is 5.91 Å². The fourth-order valence-electron chi connectivity index (χ4n) is 2.38. The normalized spacial score (nSPS) is 12.0. The number of carbonyl (C=O) groups is 1. The fraction of sp³-hybridized carbons (Fsp3) is 0.947. The van der Waals surface area contributed by atoms with Crippen LogP contribution in [0, 0.1) is 0 Å². The van der Waals surface area contributed by atoms with Crippen LogP contribution in [0.3, 0.4) is 0 Å². The van der Waals surface area contributed by atoms with Gasteiger partial charge < -0.3 is 14.7 Å². The molecule has 138 valence electrons. The van der Waals surface area contributed by atoms with Gasteiger partial charge in [-0.25, -0.2) is 0 Å². The molecule has 4 nitrogen and oxygen atoms in total. The van der Waals surface area contributed by atoms with E-state index in [2.05, 4.69) is 51.6 Å². The first-order valence-corrected chi connectivity index (χ1v) is 9.40. The molecule has 1 amide bonds. The molecular formula is C19H41N3O. The van der Waals surface area contributed by atoms with Gasteiger partial charge in [-0.2, -0.15) is 0 Å². The molecule has 0 spiro atoms. The topological polar surface area (TPSA) is 26.8 Å². The second-order valence-electron chi connectivity index (χ2n) is 7.48. The Labute approximate surface area is 145 Å². The Hall–Kier alpha value is -0.610. The van der Waals surface area contributed by atoms with Gasteiger partial charge in [0.1, 0.15) is 0 Å². The van der Waals surface area contributed by atoms with E-state index in [0.717, 1.165) is 32.5 Å². The van der Waals surface area contributed by atoms with Crippen LogP contribution in [0.5, 0.6) is 0 Å². The third-order valence-corrected chi connectivity index (χ3v) is 4.84. The van der Waals surface area contributed by atoms with Crippen molar-refractivity contribution < 1.29 is 4.79 Å². The molecule has 0 aliphatic heterocycles. The van der Waals surface area contributed by atoms with Crippen molar-refractivity contribution in [3.63, 3.8) is 0 Å². The van der Waals surface area contributed by atoms with Crippen LogP contribution in [0.4, 0.5) is 0 Å². The molecule has 0 fully saturated rings. The van der Waals surface area contributed by atoms with E-state index in [1.54, 1.807) is 0 Å². The average Bonchev–Trinajstić information content (AvgIpc) is 2.49. The van der Waals surface area contributed by atoms with Crippen LogP contribution in [0.25, 0.3) is 0 Å². The highest BCUT2D eigenvalue weighted by atomic mass is 16.2. The lowest BCUT2D eigenvalue weighted by molar-refractivity contribution is -0.130. The molecule has 0 aromatic heterocycles. The van der Waals surface area contributed by atoms with Crippen LogP contribution in [-0.2, 0) is 4.79 Å². The van der Waals surface area contributed by atoms with E-state index >= 15 is 0 Å². The van der Waals surface area contributed by atoms with Crippen molar-refractivity contribution in [2.75, 3.05) is 40.8 Å². The molecule has 0 saturated carbocycles. The lowest BCUT2D eigenvalue weighted by atomic mass is 10.1. The van der Waals surface area contributed by atoms with Crippen molar-refractivity contribution in [3.8, 4) is 0 Å². The van der Waals surface area contributed by atoms with Crippen molar-refractivity contribution in [2.24, 2.45) is 0 Å². The van der Waals surface area contributed by atoms with Crippen molar-refractivity contribution in [1.29, 1.82) is 0 Å². The van der Waals surface area contributed by atoms with Crippen molar-refractivity contribution in [1.82, 2.24) is 14.7 Å². The standard InChI is InChI=1S/C19H41N3O/c1-17(2)20(5)14-11-9-8-10-13-19(23)22(7)16-12-15-21(6)18(3)4/h17-18H,8-16H2,1-7H3. The highest BCUT2D eigenvalue weighted by Crippen LogP contribution is 2.07. The third-order valence-electron chi connectivity index (χ3n) is 4.84. The first-order chi connectivity index (χ1) is 10.8. The predicted molar refractivity (Wildman–Crippen MR) is 101 cm³/mol. The van der Waals surface area contributed by atoms with Gasteiger partial charge >= 0.3 is 0 Å². The SMILES string of the molecule is CC(C)N(C)CCCCCCC(=O)N(C)CCCN(C)C(C)C. The van der Waals surface area contributed by atoms with E-state index in [4.69, 9.17) is 0 Å². The van der Waals surface area contributed by atoms with E-state index in [1.165, 1.54) is 19.3 Å². The highest BCUT2D eigenvalue weighted by Gasteiger charge is 2.09. The minimum Gasteiger partial charge on any atom is -0.346 e. The molecular weight excluding hydrogens is 286 g/mol. The first-order valence-electron chi connectivity index (χ1n) is 9.40. The molecule has 0 radical (unpaired) electrons. The maximum Gasteiger partial charge on any atom is 0.222 e. The summed E-state index contributed by atoms with van der Waals surface area (Å²) in [7, 11) is 6.26. The van der Waals surface area contributed by atoms with Crippen LogP contribution in [0.15, 0.2) is 0 Å². The first kappa shape index (κ1) is 22.4. The number of nitrogens with zero attached hydrogens (tertiary/aromatic N) is 3. The summed E-state index contributed by atoms with van der Waals surface area (Å²) in [5.41, 5.74) is 0. The van der Waals surface area contributed by atoms with Gasteiger partial charge in [-0.1, -0.05) is 12.8 Å². The van der Waals surface area contributed by atoms with E-state index in [0.29, 0.717) is 24.4 Å². The molecule has 4 heteroatoms. The number of unbranched alkanes of at least 4 members (excludes halogenated alkanes) is 3. The summed E-state index contributed by atoms with van der Waals surface area (Å²) in [6.07, 6.45) is 6.42. The zero-order chi connectivity index (χ0) is 17.8. The van der Waals surface area contributed by atoms with E-state index in [1.807, 2.05) is 11.9 Å². The lowest BCUT2D eigenvalue weighted by Gasteiger charge is -2.23. The summed E-state index contributed by atoms with van der Waals surface area (Å²) >= 11 is 0. The van der Waals surface area contributed by atoms with Gasteiger partial charge in [-0.3, -0.25) is 4.79 Å². The van der Waals surface area contributed by atoms with Crippen LogP contribution in [0.1, 0.15) is 66.2 Å². The van der Waals surface area contributed by atoms with Crippen LogP contribution < -0.4 is 0 Å². The summed E-state index contributed by atoms with van der Waals surface area (Å²) in [5, 5.41) is 0. The molecule has 0 aromatic rings. The Bertz CT molecular complexity index is 305. The van der Waals surface area contributed by atoms with Crippen molar-refractivity contribution in [2.45, 2.75) is 78.3 Å². The number of hydrogen-bond donors (Lipinski definition) is 0. The third kappa shape index (κ3) is 11.5. The fourth-order valence-corrected chi connectivity index (χ4v) is 2.38. The average molecular weight is 328 g/mol. The monoisotopic (exact) mass is 327 g/mol. The number of carbonyl (C=O) groups excluding carboxylic acids is 1. The Morgan fingerprint density at radius 2 is 1.17 bits per heavy atom. The zero-order valence-electron chi connectivity index (χ0n) is 16.8. The quantitative estimate of drug-likeness (QED) is 0.485. The molecule has 0 N–H and O–H groups in total. The largest absolute Gasteiger partial charge is 0.346 e. The van der Waals surface area contributed by atoms with Crippen LogP contribution in [-0.4, -0.2) is 73.5 Å². The van der Waals surface area contributed by atoms with Crippen LogP contribution in [0.2, 0.25) is 0 Å². The Balaban J connectivity index is 3.61. The Kier molecular flexibility index (Phi) is 12.4. The summed E-state index contributed by atoms with van der Waals surface area (Å²) in [5.74, 6) is 0.302. The number of amides is 1. The minimum atomic E-state index is 0.302. The van der Waals surface area contributed by atoms with Gasteiger partial charge in [-0.15, -0.1) is 0 Å². The molecule has 0 aliphatic rings. The molecule has 0 rings (SSSR count). The molecule has 0 aliphatic carbocycles. The highest BCUT2D eigenvalue weighted by molar-refractivity contribution is 5.75. The smallest absolute Gasteiger partial charge is 0.222 e. The molecule has 23 heavy (non-hydrogen) atoms. The van der Waals surface area contributed by atoms with E-state index in [9.17, 15) is 4.79 Å². The molecule has 0 aromatic carbocycles. The van der Waals surface area contributed by atoms with E-state index < -0.39 is 0 Å². The van der Waals surface area contributed by atoms with Gasteiger partial charge in [0.15, 0.2) is 0 Å². The number of hydrogen-bond acceptors (Lipinski definition) is 3. The second kappa shape index (κ2) is 12.8. The predicted octanol–water partition coefficient (Wildman–Crippen LogP) is 3.47. The maximum absolute atomic E-state index is 12.1. The Morgan fingerprint density at radius 1 is 0.696 bits per heavy atom. The molecule has 0 unspecified atom stereocenters. The van der Waals surface area contributed by atoms with Gasteiger partial charge in [0, 0.05) is 32.1 Å². The lowest BCUT2D eigenvalue weighted by Crippen LogP contribution is -2.32. The second-order valence-corrected chi connectivity index (χ2v) is 7.48.